The quantitative estimate of drug-likeness (QED) is 0.338. The van der Waals surface area contributed by atoms with Crippen molar-refractivity contribution in [2.24, 2.45) is 0 Å². The van der Waals surface area contributed by atoms with E-state index in [1.165, 1.54) is 18.1 Å². The summed E-state index contributed by atoms with van der Waals surface area (Å²) in [6, 6.07) is 0. The van der Waals surface area contributed by atoms with Crippen LogP contribution in [0.5, 0.6) is 0 Å². The topological polar surface area (TPSA) is 26.3 Å². The monoisotopic (exact) mass is 286 g/mol. The van der Waals surface area contributed by atoms with Gasteiger partial charge in [-0.3, -0.25) is 4.79 Å². The fourth-order valence-corrected chi connectivity index (χ4v) is 2.12. The fourth-order valence-electron chi connectivity index (χ4n) is 1.85. The zero-order chi connectivity index (χ0) is 14.7. The van der Waals surface area contributed by atoms with E-state index < -0.39 is 0 Å². The van der Waals surface area contributed by atoms with Gasteiger partial charge < -0.3 is 4.74 Å². The van der Waals surface area contributed by atoms with E-state index in [1.807, 2.05) is 6.92 Å². The largest absolute Gasteiger partial charge is 0.463 e. The average molecular weight is 287 g/mol. The Balaban J connectivity index is 3.98. The van der Waals surface area contributed by atoms with E-state index in [2.05, 4.69) is 26.0 Å². The first-order valence-electron chi connectivity index (χ1n) is 7.04. The molecule has 0 N–H and O–H groups in total. The standard InChI is InChI=1S/C16H27ClO2/c1-5-16(19-15(4)18)10-9-13(2)7-6-8-14(3)11-12-17/h7,11,16H,5-6,8-10,12H2,1-4H3. The molecule has 0 aliphatic carbocycles. The molecule has 1 unspecified atom stereocenters. The molecule has 0 aromatic carbocycles. The SMILES string of the molecule is CCC(CCC(C)=CCCC(C)=CCCl)OC(C)=O. The van der Waals surface area contributed by atoms with Gasteiger partial charge in [0.25, 0.3) is 0 Å². The number of alkyl halides is 1. The molecule has 0 saturated heterocycles. The van der Waals surface area contributed by atoms with Crippen LogP contribution in [0.1, 0.15) is 59.8 Å². The lowest BCUT2D eigenvalue weighted by molar-refractivity contribution is -0.146. The molecule has 2 nitrogen and oxygen atoms in total. The molecule has 110 valence electrons. The number of rotatable bonds is 9. The van der Waals surface area contributed by atoms with Gasteiger partial charge in [0.2, 0.25) is 0 Å². The van der Waals surface area contributed by atoms with Crippen molar-refractivity contribution in [3.05, 3.63) is 23.3 Å². The number of carbonyl (C=O) groups excluding carboxylic acids is 1. The molecule has 0 spiro atoms. The van der Waals surface area contributed by atoms with E-state index in [0.717, 1.165) is 32.1 Å². The summed E-state index contributed by atoms with van der Waals surface area (Å²) in [4.78, 5) is 10.9. The minimum atomic E-state index is -0.185. The maximum absolute atomic E-state index is 10.9. The molecule has 0 rings (SSSR count). The number of hydrogen-bond donors (Lipinski definition) is 0. The Hall–Kier alpha value is -0.760. The molecule has 0 aromatic rings. The zero-order valence-corrected chi connectivity index (χ0v) is 13.4. The van der Waals surface area contributed by atoms with Gasteiger partial charge >= 0.3 is 5.97 Å². The summed E-state index contributed by atoms with van der Waals surface area (Å²) in [5, 5.41) is 0. The van der Waals surface area contributed by atoms with Gasteiger partial charge in [0, 0.05) is 12.8 Å². The van der Waals surface area contributed by atoms with Gasteiger partial charge in [-0.15, -0.1) is 11.6 Å². The Bertz CT molecular complexity index is 319. The van der Waals surface area contributed by atoms with Gasteiger partial charge in [0.15, 0.2) is 0 Å². The fraction of sp³-hybridized carbons (Fsp3) is 0.688. The Kier molecular flexibility index (Phi) is 10.7. The number of halogens is 1. The van der Waals surface area contributed by atoms with Crippen LogP contribution in [0.2, 0.25) is 0 Å². The van der Waals surface area contributed by atoms with Crippen LogP contribution in [0.3, 0.4) is 0 Å². The first kappa shape index (κ1) is 18.2. The maximum Gasteiger partial charge on any atom is 0.302 e. The Morgan fingerprint density at radius 1 is 1.16 bits per heavy atom. The third-order valence-corrected chi connectivity index (χ3v) is 3.26. The summed E-state index contributed by atoms with van der Waals surface area (Å²) >= 11 is 5.65. The van der Waals surface area contributed by atoms with Crippen molar-refractivity contribution in [2.45, 2.75) is 65.9 Å². The van der Waals surface area contributed by atoms with Gasteiger partial charge in [-0.25, -0.2) is 0 Å². The van der Waals surface area contributed by atoms with Crippen molar-refractivity contribution in [1.82, 2.24) is 0 Å². The van der Waals surface area contributed by atoms with E-state index in [9.17, 15) is 4.79 Å². The minimum Gasteiger partial charge on any atom is -0.463 e. The third-order valence-electron chi connectivity index (χ3n) is 3.11. The highest BCUT2D eigenvalue weighted by molar-refractivity contribution is 6.18. The number of hydrogen-bond acceptors (Lipinski definition) is 2. The smallest absolute Gasteiger partial charge is 0.302 e. The summed E-state index contributed by atoms with van der Waals surface area (Å²) in [5.74, 6) is 0.407. The van der Waals surface area contributed by atoms with Crippen molar-refractivity contribution in [3.63, 3.8) is 0 Å². The van der Waals surface area contributed by atoms with E-state index in [-0.39, 0.29) is 12.1 Å². The summed E-state index contributed by atoms with van der Waals surface area (Å²) in [5.41, 5.74) is 2.70. The van der Waals surface area contributed by atoms with E-state index in [1.54, 1.807) is 0 Å². The molecule has 0 fully saturated rings. The second-order valence-corrected chi connectivity index (χ2v) is 5.28. The maximum atomic E-state index is 10.9. The summed E-state index contributed by atoms with van der Waals surface area (Å²) in [6.07, 6.45) is 9.27. The number of carbonyl (C=O) groups is 1. The second kappa shape index (κ2) is 11.1. The van der Waals surface area contributed by atoms with E-state index in [4.69, 9.17) is 16.3 Å². The van der Waals surface area contributed by atoms with Gasteiger partial charge in [-0.05, 0) is 46.0 Å². The van der Waals surface area contributed by atoms with Gasteiger partial charge in [0.05, 0.1) is 0 Å². The molecule has 0 aliphatic rings. The van der Waals surface area contributed by atoms with E-state index in [0.29, 0.717) is 5.88 Å². The number of allylic oxidation sites excluding steroid dienone is 4. The van der Waals surface area contributed by atoms with Crippen LogP contribution in [0.4, 0.5) is 0 Å². The van der Waals surface area contributed by atoms with Crippen molar-refractivity contribution in [3.8, 4) is 0 Å². The van der Waals surface area contributed by atoms with E-state index >= 15 is 0 Å². The second-order valence-electron chi connectivity index (χ2n) is 4.97. The van der Waals surface area contributed by atoms with Gasteiger partial charge in [-0.1, -0.05) is 30.2 Å². The van der Waals surface area contributed by atoms with Gasteiger partial charge in [0.1, 0.15) is 6.10 Å². The van der Waals surface area contributed by atoms with Crippen LogP contribution in [-0.2, 0) is 9.53 Å². The van der Waals surface area contributed by atoms with Crippen LogP contribution in [0.25, 0.3) is 0 Å². The Labute approximate surface area is 122 Å². The van der Waals surface area contributed by atoms with Crippen molar-refractivity contribution in [1.29, 1.82) is 0 Å². The first-order chi connectivity index (χ1) is 8.99. The summed E-state index contributed by atoms with van der Waals surface area (Å²) in [7, 11) is 0. The number of esters is 1. The highest BCUT2D eigenvalue weighted by atomic mass is 35.5. The third kappa shape index (κ3) is 10.8. The summed E-state index contributed by atoms with van der Waals surface area (Å²) in [6.45, 7) is 7.77. The van der Waals surface area contributed by atoms with Crippen LogP contribution in [0.15, 0.2) is 23.3 Å². The molecule has 1 atom stereocenters. The zero-order valence-electron chi connectivity index (χ0n) is 12.7. The van der Waals surface area contributed by atoms with Crippen molar-refractivity contribution < 1.29 is 9.53 Å². The Morgan fingerprint density at radius 3 is 2.32 bits per heavy atom. The van der Waals surface area contributed by atoms with Gasteiger partial charge in [-0.2, -0.15) is 0 Å². The predicted octanol–water partition coefficient (Wildman–Crippen LogP) is 5.02. The minimum absolute atomic E-state index is 0.0544. The molecular formula is C16H27ClO2. The van der Waals surface area contributed by atoms with Crippen LogP contribution < -0.4 is 0 Å². The highest BCUT2D eigenvalue weighted by Gasteiger charge is 2.09. The molecule has 0 amide bonds. The lowest BCUT2D eigenvalue weighted by atomic mass is 10.0. The molecular weight excluding hydrogens is 260 g/mol. The Morgan fingerprint density at radius 2 is 1.79 bits per heavy atom. The van der Waals surface area contributed by atoms with Crippen LogP contribution >= 0.6 is 11.6 Å². The predicted molar refractivity (Wildman–Crippen MR) is 82.5 cm³/mol. The molecule has 3 heteroatoms. The molecule has 0 aromatic heterocycles. The molecule has 0 saturated carbocycles. The first-order valence-corrected chi connectivity index (χ1v) is 7.57. The normalized spacial score (nSPS) is 14.4. The molecule has 0 heterocycles. The molecule has 19 heavy (non-hydrogen) atoms. The van der Waals surface area contributed by atoms with Crippen molar-refractivity contribution in [2.75, 3.05) is 5.88 Å². The number of ether oxygens (including phenoxy) is 1. The van der Waals surface area contributed by atoms with Crippen LogP contribution in [-0.4, -0.2) is 18.0 Å². The average Bonchev–Trinajstić information content (AvgIpc) is 2.34. The summed E-state index contributed by atoms with van der Waals surface area (Å²) < 4.78 is 5.23. The lowest BCUT2D eigenvalue weighted by Crippen LogP contribution is -2.15. The highest BCUT2D eigenvalue weighted by Crippen LogP contribution is 2.14. The lowest BCUT2D eigenvalue weighted by Gasteiger charge is -2.14. The molecule has 0 bridgehead atoms. The molecule has 0 aliphatic heterocycles. The molecule has 0 radical (unpaired) electrons. The van der Waals surface area contributed by atoms with Crippen molar-refractivity contribution >= 4 is 17.6 Å². The van der Waals surface area contributed by atoms with Crippen LogP contribution in [0, 0.1) is 0 Å².